The molecule has 0 fully saturated rings. The van der Waals surface area contributed by atoms with Gasteiger partial charge in [-0.15, -0.1) is 0 Å². The highest BCUT2D eigenvalue weighted by Crippen LogP contribution is 2.16. The van der Waals surface area contributed by atoms with Crippen molar-refractivity contribution < 1.29 is 14.6 Å². The Labute approximate surface area is 95.4 Å². The van der Waals surface area contributed by atoms with Gasteiger partial charge in [0.05, 0.1) is 6.61 Å². The Kier molecular flexibility index (Phi) is 4.11. The van der Waals surface area contributed by atoms with Crippen LogP contribution >= 0.6 is 0 Å². The molecule has 0 unspecified atom stereocenters. The van der Waals surface area contributed by atoms with Crippen molar-refractivity contribution in [3.05, 3.63) is 41.5 Å². The first kappa shape index (κ1) is 12.3. The Balaban J connectivity index is 2.49. The monoisotopic (exact) mass is 220 g/mol. The molecule has 0 radical (unpaired) electrons. The smallest absolute Gasteiger partial charge is 0.331 e. The topological polar surface area (TPSA) is 46.5 Å². The molecule has 1 N–H and O–H groups in total. The highest BCUT2D eigenvalue weighted by molar-refractivity contribution is 5.85. The van der Waals surface area contributed by atoms with Crippen molar-refractivity contribution in [2.75, 3.05) is 6.61 Å². The number of aliphatic carboxylic acids is 1. The van der Waals surface area contributed by atoms with Gasteiger partial charge >= 0.3 is 5.97 Å². The number of rotatable bonds is 5. The van der Waals surface area contributed by atoms with Gasteiger partial charge in [-0.25, -0.2) is 4.79 Å². The molecule has 0 spiro atoms. The number of ether oxygens (including phenoxy) is 1. The fourth-order valence-electron chi connectivity index (χ4n) is 1.42. The van der Waals surface area contributed by atoms with Gasteiger partial charge in [-0.3, -0.25) is 0 Å². The standard InChI is InChI=1S/C13H16O3/c1-9-6-10(2)8-12(7-9)16-5-4-11(3)13(14)15/h6-8H,3-5H2,1-2H3,(H,14,15). The molecular weight excluding hydrogens is 204 g/mol. The molecule has 0 atom stereocenters. The quantitative estimate of drug-likeness (QED) is 0.776. The van der Waals surface area contributed by atoms with Crippen molar-refractivity contribution >= 4 is 5.97 Å². The Hall–Kier alpha value is -1.77. The molecule has 1 aromatic rings. The van der Waals surface area contributed by atoms with E-state index >= 15 is 0 Å². The van der Waals surface area contributed by atoms with Gasteiger partial charge in [0.2, 0.25) is 0 Å². The lowest BCUT2D eigenvalue weighted by Crippen LogP contribution is -2.05. The molecule has 3 nitrogen and oxygen atoms in total. The van der Waals surface area contributed by atoms with Gasteiger partial charge in [0, 0.05) is 12.0 Å². The summed E-state index contributed by atoms with van der Waals surface area (Å²) in [4.78, 5) is 10.5. The van der Waals surface area contributed by atoms with Crippen LogP contribution in [0.2, 0.25) is 0 Å². The van der Waals surface area contributed by atoms with Crippen LogP contribution in [0.5, 0.6) is 5.75 Å². The van der Waals surface area contributed by atoms with Gasteiger partial charge in [-0.05, 0) is 37.1 Å². The van der Waals surface area contributed by atoms with Gasteiger partial charge in [-0.2, -0.15) is 0 Å². The van der Waals surface area contributed by atoms with Crippen LogP contribution in [-0.2, 0) is 4.79 Å². The fourth-order valence-corrected chi connectivity index (χ4v) is 1.42. The highest BCUT2D eigenvalue weighted by Gasteiger charge is 2.04. The summed E-state index contributed by atoms with van der Waals surface area (Å²) in [6, 6.07) is 5.91. The molecule has 0 aliphatic rings. The summed E-state index contributed by atoms with van der Waals surface area (Å²) in [7, 11) is 0. The van der Waals surface area contributed by atoms with E-state index < -0.39 is 5.97 Å². The largest absolute Gasteiger partial charge is 0.493 e. The van der Waals surface area contributed by atoms with Crippen LogP contribution in [0.1, 0.15) is 17.5 Å². The van der Waals surface area contributed by atoms with Crippen LogP contribution in [0.3, 0.4) is 0 Å². The van der Waals surface area contributed by atoms with Crippen molar-refractivity contribution in [2.45, 2.75) is 20.3 Å². The van der Waals surface area contributed by atoms with E-state index in [0.29, 0.717) is 13.0 Å². The first-order chi connectivity index (χ1) is 7.49. The van der Waals surface area contributed by atoms with Crippen LogP contribution in [0, 0.1) is 13.8 Å². The summed E-state index contributed by atoms with van der Waals surface area (Å²) in [5.41, 5.74) is 2.43. The number of hydrogen-bond acceptors (Lipinski definition) is 2. The SMILES string of the molecule is C=C(CCOc1cc(C)cc(C)c1)C(=O)O. The van der Waals surface area contributed by atoms with Crippen molar-refractivity contribution in [3.63, 3.8) is 0 Å². The lowest BCUT2D eigenvalue weighted by Gasteiger charge is -2.08. The maximum absolute atomic E-state index is 10.5. The summed E-state index contributed by atoms with van der Waals surface area (Å²) < 4.78 is 5.46. The normalized spacial score (nSPS) is 9.88. The van der Waals surface area contributed by atoms with E-state index in [9.17, 15) is 4.79 Å². The second kappa shape index (κ2) is 5.35. The Morgan fingerprint density at radius 2 is 1.88 bits per heavy atom. The molecule has 0 aliphatic heterocycles. The molecule has 86 valence electrons. The van der Waals surface area contributed by atoms with Gasteiger partial charge in [0.1, 0.15) is 5.75 Å². The van der Waals surface area contributed by atoms with Crippen molar-refractivity contribution in [1.82, 2.24) is 0 Å². The first-order valence-corrected chi connectivity index (χ1v) is 5.11. The number of carboxylic acids is 1. The van der Waals surface area contributed by atoms with E-state index in [2.05, 4.69) is 12.6 Å². The average Bonchev–Trinajstić information content (AvgIpc) is 2.15. The van der Waals surface area contributed by atoms with Crippen LogP contribution < -0.4 is 4.74 Å². The van der Waals surface area contributed by atoms with Gasteiger partial charge < -0.3 is 9.84 Å². The van der Waals surface area contributed by atoms with E-state index in [0.717, 1.165) is 16.9 Å². The van der Waals surface area contributed by atoms with E-state index in [4.69, 9.17) is 9.84 Å². The predicted octanol–water partition coefficient (Wildman–Crippen LogP) is 2.71. The number of hydrogen-bond donors (Lipinski definition) is 1. The van der Waals surface area contributed by atoms with Gasteiger partial charge in [0.25, 0.3) is 0 Å². The lowest BCUT2D eigenvalue weighted by molar-refractivity contribution is -0.132. The third-order valence-electron chi connectivity index (χ3n) is 2.17. The molecule has 16 heavy (non-hydrogen) atoms. The van der Waals surface area contributed by atoms with Crippen LogP contribution in [0.15, 0.2) is 30.4 Å². The Bertz CT molecular complexity index is 387. The summed E-state index contributed by atoms with van der Waals surface area (Å²) in [6.45, 7) is 7.77. The summed E-state index contributed by atoms with van der Waals surface area (Å²) in [5.74, 6) is -0.195. The van der Waals surface area contributed by atoms with Crippen molar-refractivity contribution in [2.24, 2.45) is 0 Å². The Morgan fingerprint density at radius 1 is 1.31 bits per heavy atom. The van der Waals surface area contributed by atoms with E-state index in [1.165, 1.54) is 0 Å². The third-order valence-corrected chi connectivity index (χ3v) is 2.17. The van der Waals surface area contributed by atoms with Gasteiger partial charge in [-0.1, -0.05) is 12.6 Å². The second-order valence-corrected chi connectivity index (χ2v) is 3.83. The zero-order valence-corrected chi connectivity index (χ0v) is 9.62. The molecule has 1 rings (SSSR count). The number of carbonyl (C=O) groups is 1. The molecule has 0 aliphatic carbocycles. The number of carboxylic acid groups (broad SMARTS) is 1. The fraction of sp³-hybridized carbons (Fsp3) is 0.308. The summed E-state index contributed by atoms with van der Waals surface area (Å²) in [5, 5.41) is 8.61. The van der Waals surface area contributed by atoms with Gasteiger partial charge in [0.15, 0.2) is 0 Å². The maximum atomic E-state index is 10.5. The third kappa shape index (κ3) is 3.77. The Morgan fingerprint density at radius 3 is 2.38 bits per heavy atom. The van der Waals surface area contributed by atoms with E-state index in [1.807, 2.05) is 26.0 Å². The predicted molar refractivity (Wildman–Crippen MR) is 62.8 cm³/mol. The second-order valence-electron chi connectivity index (χ2n) is 3.83. The molecule has 0 aromatic heterocycles. The lowest BCUT2D eigenvalue weighted by atomic mass is 10.1. The highest BCUT2D eigenvalue weighted by atomic mass is 16.5. The zero-order chi connectivity index (χ0) is 12.1. The molecule has 1 aromatic carbocycles. The minimum Gasteiger partial charge on any atom is -0.493 e. The molecular formula is C13H16O3. The summed E-state index contributed by atoms with van der Waals surface area (Å²) in [6.07, 6.45) is 0.336. The minimum absolute atomic E-state index is 0.171. The van der Waals surface area contributed by atoms with Crippen molar-refractivity contribution in [1.29, 1.82) is 0 Å². The average molecular weight is 220 g/mol. The molecule has 0 saturated heterocycles. The molecule has 3 heteroatoms. The molecule has 0 bridgehead atoms. The first-order valence-electron chi connectivity index (χ1n) is 5.11. The molecule has 0 heterocycles. The van der Waals surface area contributed by atoms with Crippen LogP contribution in [-0.4, -0.2) is 17.7 Å². The number of benzene rings is 1. The van der Waals surface area contributed by atoms with Crippen LogP contribution in [0.4, 0.5) is 0 Å². The van der Waals surface area contributed by atoms with Crippen molar-refractivity contribution in [3.8, 4) is 5.75 Å². The molecule has 0 saturated carbocycles. The molecule has 0 amide bonds. The number of aryl methyl sites for hydroxylation is 2. The zero-order valence-electron chi connectivity index (χ0n) is 9.62. The van der Waals surface area contributed by atoms with E-state index in [1.54, 1.807) is 0 Å². The minimum atomic E-state index is -0.968. The van der Waals surface area contributed by atoms with E-state index in [-0.39, 0.29) is 5.57 Å². The maximum Gasteiger partial charge on any atom is 0.331 e. The van der Waals surface area contributed by atoms with Crippen LogP contribution in [0.25, 0.3) is 0 Å². The summed E-state index contributed by atoms with van der Waals surface area (Å²) >= 11 is 0.